The maximum Gasteiger partial charge on any atom is 0.0983 e. The zero-order valence-corrected chi connectivity index (χ0v) is 13.4. The lowest BCUT2D eigenvalue weighted by molar-refractivity contribution is 0.0693. The van der Waals surface area contributed by atoms with Crippen LogP contribution in [0.2, 0.25) is 0 Å². The van der Waals surface area contributed by atoms with Gasteiger partial charge in [-0.15, -0.1) is 0 Å². The topological polar surface area (TPSA) is 44.0 Å². The monoisotopic (exact) mass is 341 g/mol. The minimum Gasteiger partial charge on any atom is -0.387 e. The lowest BCUT2D eigenvalue weighted by Crippen LogP contribution is -2.28. The van der Waals surface area contributed by atoms with E-state index in [-0.39, 0.29) is 0 Å². The van der Waals surface area contributed by atoms with E-state index in [1.165, 1.54) is 11.1 Å². The zero-order valence-electron chi connectivity index (χ0n) is 11.8. The Kier molecular flexibility index (Phi) is 3.61. The number of hydrogen-bond acceptors (Lipinski definition) is 2. The molecule has 1 N–H and O–H groups in total. The van der Waals surface area contributed by atoms with Gasteiger partial charge in [-0.05, 0) is 48.1 Å². The quantitative estimate of drug-likeness (QED) is 0.893. The number of aryl methyl sites for hydroxylation is 1. The van der Waals surface area contributed by atoms with Crippen molar-refractivity contribution in [3.8, 4) is 6.07 Å². The first-order valence-corrected chi connectivity index (χ1v) is 7.77. The maximum absolute atomic E-state index is 10.8. The van der Waals surface area contributed by atoms with Gasteiger partial charge in [0, 0.05) is 4.47 Å². The molecule has 2 nitrogen and oxygen atoms in total. The number of fused-ring (bicyclic) bond motifs is 1. The van der Waals surface area contributed by atoms with Gasteiger partial charge in [0.25, 0.3) is 0 Å². The van der Waals surface area contributed by atoms with Crippen molar-refractivity contribution in [1.29, 1.82) is 5.26 Å². The molecule has 0 bridgehead atoms. The highest BCUT2D eigenvalue weighted by Gasteiger charge is 2.44. The number of hydrogen-bond donors (Lipinski definition) is 1. The van der Waals surface area contributed by atoms with Gasteiger partial charge in [-0.3, -0.25) is 0 Å². The van der Waals surface area contributed by atoms with E-state index in [2.05, 4.69) is 22.0 Å². The van der Waals surface area contributed by atoms with E-state index in [9.17, 15) is 10.4 Å². The van der Waals surface area contributed by atoms with Gasteiger partial charge in [0.05, 0.1) is 17.6 Å². The van der Waals surface area contributed by atoms with Gasteiger partial charge in [0.1, 0.15) is 0 Å². The summed E-state index contributed by atoms with van der Waals surface area (Å²) >= 11 is 3.50. The van der Waals surface area contributed by atoms with E-state index in [1.54, 1.807) is 0 Å². The number of aliphatic hydroxyl groups is 1. The minimum atomic E-state index is -0.785. The molecule has 21 heavy (non-hydrogen) atoms. The Morgan fingerprint density at radius 2 is 1.81 bits per heavy atom. The standard InChI is InChI=1S/C18H16BrNO/c1-12-6-7-13(8-16(12)19)17(21)18(11-20)9-14-4-2-3-5-15(14)10-18/h2-8,17,21H,9-10H2,1H3. The SMILES string of the molecule is Cc1ccc(C(O)C2(C#N)Cc3ccccc3C2)cc1Br. The number of rotatable bonds is 2. The number of nitriles is 1. The molecule has 3 rings (SSSR count). The smallest absolute Gasteiger partial charge is 0.0983 e. The van der Waals surface area contributed by atoms with Crippen LogP contribution in [0.3, 0.4) is 0 Å². The molecule has 1 unspecified atom stereocenters. The van der Waals surface area contributed by atoms with Crippen LogP contribution < -0.4 is 0 Å². The molecule has 3 heteroatoms. The molecule has 0 amide bonds. The van der Waals surface area contributed by atoms with Crippen molar-refractivity contribution < 1.29 is 5.11 Å². The summed E-state index contributed by atoms with van der Waals surface area (Å²) in [7, 11) is 0. The van der Waals surface area contributed by atoms with Crippen LogP contribution in [0.5, 0.6) is 0 Å². The minimum absolute atomic E-state index is 0.604. The van der Waals surface area contributed by atoms with Crippen LogP contribution in [0.1, 0.15) is 28.4 Å². The molecule has 0 saturated heterocycles. The lowest BCUT2D eigenvalue weighted by Gasteiger charge is -2.27. The van der Waals surface area contributed by atoms with Gasteiger partial charge in [-0.1, -0.05) is 52.3 Å². The predicted molar refractivity (Wildman–Crippen MR) is 85.7 cm³/mol. The molecule has 1 aliphatic carbocycles. The highest BCUT2D eigenvalue weighted by atomic mass is 79.9. The van der Waals surface area contributed by atoms with Gasteiger partial charge in [-0.25, -0.2) is 0 Å². The van der Waals surface area contributed by atoms with Crippen molar-refractivity contribution >= 4 is 15.9 Å². The third-order valence-corrected chi connectivity index (χ3v) is 5.24. The Morgan fingerprint density at radius 3 is 2.33 bits per heavy atom. The molecule has 0 fully saturated rings. The number of aliphatic hydroxyl groups excluding tert-OH is 1. The summed E-state index contributed by atoms with van der Waals surface area (Å²) < 4.78 is 0.961. The van der Waals surface area contributed by atoms with Crippen LogP contribution in [-0.4, -0.2) is 5.11 Å². The van der Waals surface area contributed by atoms with E-state index >= 15 is 0 Å². The molecule has 0 aliphatic heterocycles. The second kappa shape index (κ2) is 5.29. The van der Waals surface area contributed by atoms with Gasteiger partial charge in [0.15, 0.2) is 0 Å². The molecule has 1 atom stereocenters. The van der Waals surface area contributed by atoms with Crippen LogP contribution in [0.15, 0.2) is 46.9 Å². The molecule has 2 aromatic carbocycles. The Bertz CT molecular complexity index is 707. The van der Waals surface area contributed by atoms with Gasteiger partial charge >= 0.3 is 0 Å². The second-order valence-corrected chi connectivity index (χ2v) is 6.66. The fourth-order valence-electron chi connectivity index (χ4n) is 3.08. The number of benzene rings is 2. The van der Waals surface area contributed by atoms with Crippen molar-refractivity contribution in [3.05, 3.63) is 69.2 Å². The molecule has 0 aromatic heterocycles. The Hall–Kier alpha value is -1.63. The molecule has 1 aliphatic rings. The summed E-state index contributed by atoms with van der Waals surface area (Å²) in [4.78, 5) is 0. The Morgan fingerprint density at radius 1 is 1.19 bits per heavy atom. The summed E-state index contributed by atoms with van der Waals surface area (Å²) in [5.74, 6) is 0. The average molecular weight is 342 g/mol. The van der Waals surface area contributed by atoms with Gasteiger partial charge < -0.3 is 5.11 Å². The molecular formula is C18H16BrNO. The van der Waals surface area contributed by atoms with Crippen molar-refractivity contribution in [2.45, 2.75) is 25.9 Å². The number of nitrogens with zero attached hydrogens (tertiary/aromatic N) is 1. The Balaban J connectivity index is 1.98. The van der Waals surface area contributed by atoms with Crippen LogP contribution in [0.25, 0.3) is 0 Å². The van der Waals surface area contributed by atoms with E-state index in [4.69, 9.17) is 0 Å². The first-order chi connectivity index (χ1) is 10.1. The van der Waals surface area contributed by atoms with Crippen LogP contribution in [0.4, 0.5) is 0 Å². The fourth-order valence-corrected chi connectivity index (χ4v) is 3.47. The molecule has 0 radical (unpaired) electrons. The average Bonchev–Trinajstić information content (AvgIpc) is 2.89. The van der Waals surface area contributed by atoms with Gasteiger partial charge in [-0.2, -0.15) is 5.26 Å². The molecule has 0 saturated carbocycles. The summed E-state index contributed by atoms with van der Waals surface area (Å²) in [5, 5.41) is 20.5. The van der Waals surface area contributed by atoms with E-state index in [1.807, 2.05) is 49.4 Å². The first kappa shape index (κ1) is 14.3. The molecule has 0 heterocycles. The van der Waals surface area contributed by atoms with Crippen molar-refractivity contribution in [2.75, 3.05) is 0 Å². The normalized spacial score (nSPS) is 17.0. The first-order valence-electron chi connectivity index (χ1n) is 6.98. The zero-order chi connectivity index (χ0) is 15.0. The van der Waals surface area contributed by atoms with E-state index in [0.29, 0.717) is 12.8 Å². The third kappa shape index (κ3) is 2.39. The van der Waals surface area contributed by atoms with Crippen molar-refractivity contribution in [2.24, 2.45) is 5.41 Å². The van der Waals surface area contributed by atoms with Crippen molar-refractivity contribution in [1.82, 2.24) is 0 Å². The maximum atomic E-state index is 10.8. The molecular weight excluding hydrogens is 326 g/mol. The van der Waals surface area contributed by atoms with Crippen LogP contribution >= 0.6 is 15.9 Å². The fraction of sp³-hybridized carbons (Fsp3) is 0.278. The predicted octanol–water partition coefficient (Wildman–Crippen LogP) is 4.10. The third-order valence-electron chi connectivity index (χ3n) is 4.39. The van der Waals surface area contributed by atoms with E-state index < -0.39 is 11.5 Å². The molecule has 106 valence electrons. The number of halogens is 1. The second-order valence-electron chi connectivity index (χ2n) is 5.80. The highest BCUT2D eigenvalue weighted by Crippen LogP contribution is 2.45. The largest absolute Gasteiger partial charge is 0.387 e. The summed E-state index contributed by atoms with van der Waals surface area (Å²) in [6.45, 7) is 2.01. The molecule has 2 aromatic rings. The van der Waals surface area contributed by atoms with Crippen LogP contribution in [0, 0.1) is 23.7 Å². The highest BCUT2D eigenvalue weighted by molar-refractivity contribution is 9.10. The summed E-state index contributed by atoms with van der Waals surface area (Å²) in [5.41, 5.74) is 3.49. The lowest BCUT2D eigenvalue weighted by atomic mass is 9.77. The van der Waals surface area contributed by atoms with Crippen LogP contribution in [-0.2, 0) is 12.8 Å². The van der Waals surface area contributed by atoms with Crippen molar-refractivity contribution in [3.63, 3.8) is 0 Å². The summed E-state index contributed by atoms with van der Waals surface area (Å²) in [6, 6.07) is 16.3. The summed E-state index contributed by atoms with van der Waals surface area (Å²) in [6.07, 6.45) is 0.422. The Labute approximate surface area is 133 Å². The van der Waals surface area contributed by atoms with Gasteiger partial charge in [0.2, 0.25) is 0 Å². The van der Waals surface area contributed by atoms with E-state index in [0.717, 1.165) is 15.6 Å². The molecule has 0 spiro atoms.